The Morgan fingerprint density at radius 1 is 1.26 bits per heavy atom. The van der Waals surface area contributed by atoms with Gasteiger partial charge in [-0.05, 0) is 31.0 Å². The number of rotatable bonds is 3. The number of sulfonamides is 1. The van der Waals surface area contributed by atoms with Crippen molar-refractivity contribution in [3.05, 3.63) is 64.2 Å². The number of benzene rings is 2. The Morgan fingerprint density at radius 2 is 2.00 bits per heavy atom. The lowest BCUT2D eigenvalue weighted by molar-refractivity contribution is 0.166. The maximum atomic E-state index is 12.8. The summed E-state index contributed by atoms with van der Waals surface area (Å²) in [7, 11) is -3.57. The quantitative estimate of drug-likeness (QED) is 0.921. The van der Waals surface area contributed by atoms with Gasteiger partial charge in [-0.25, -0.2) is 8.42 Å². The summed E-state index contributed by atoms with van der Waals surface area (Å²) in [5.74, 6) is -0.157. The van der Waals surface area contributed by atoms with E-state index < -0.39 is 16.1 Å². The Balaban J connectivity index is 1.99. The molecule has 0 bridgehead atoms. The number of nitrogens with zero attached hydrogens (tertiary/aromatic N) is 1. The van der Waals surface area contributed by atoms with Crippen LogP contribution in [0.5, 0.6) is 0 Å². The molecule has 6 heteroatoms. The van der Waals surface area contributed by atoms with Crippen LogP contribution in [0.15, 0.2) is 42.5 Å². The minimum Gasteiger partial charge on any atom is -0.388 e. The average Bonchev–Trinajstić information content (AvgIpc) is 2.50. The van der Waals surface area contributed by atoms with Gasteiger partial charge in [-0.1, -0.05) is 47.5 Å². The van der Waals surface area contributed by atoms with E-state index in [9.17, 15) is 13.5 Å². The summed E-state index contributed by atoms with van der Waals surface area (Å²) in [5, 5.41) is 10.6. The highest BCUT2D eigenvalue weighted by Crippen LogP contribution is 2.36. The van der Waals surface area contributed by atoms with E-state index in [0.717, 1.165) is 5.56 Å². The van der Waals surface area contributed by atoms with E-state index in [1.54, 1.807) is 30.3 Å². The zero-order chi connectivity index (χ0) is 16.6. The van der Waals surface area contributed by atoms with Gasteiger partial charge in [0, 0.05) is 17.1 Å². The Morgan fingerprint density at radius 3 is 2.74 bits per heavy atom. The molecule has 1 atom stereocenters. The van der Waals surface area contributed by atoms with Crippen molar-refractivity contribution in [1.82, 2.24) is 0 Å². The number of aryl methyl sites for hydroxylation is 1. The molecule has 1 aliphatic heterocycles. The summed E-state index contributed by atoms with van der Waals surface area (Å²) in [6.07, 6.45) is -0.241. The Bertz CT molecular complexity index is 835. The maximum absolute atomic E-state index is 12.8. The predicted octanol–water partition coefficient (Wildman–Crippen LogP) is 3.42. The van der Waals surface area contributed by atoms with Crippen LogP contribution in [-0.2, 0) is 15.8 Å². The van der Waals surface area contributed by atoms with Gasteiger partial charge in [0.15, 0.2) is 0 Å². The standard InChI is InChI=1S/C17H18ClNO3S/c1-12-6-7-16-14(10-12)17(20)8-9-19(16)23(21,22)11-13-4-2-3-5-15(13)18/h2-7,10,17,20H,8-9,11H2,1H3. The van der Waals surface area contributed by atoms with E-state index in [4.69, 9.17) is 11.6 Å². The fraction of sp³-hybridized carbons (Fsp3) is 0.294. The smallest absolute Gasteiger partial charge is 0.239 e. The molecule has 23 heavy (non-hydrogen) atoms. The highest BCUT2D eigenvalue weighted by Gasteiger charge is 2.31. The molecule has 0 saturated heterocycles. The fourth-order valence-corrected chi connectivity index (χ4v) is 4.79. The van der Waals surface area contributed by atoms with E-state index >= 15 is 0 Å². The van der Waals surface area contributed by atoms with Crippen molar-refractivity contribution >= 4 is 27.3 Å². The van der Waals surface area contributed by atoms with E-state index in [0.29, 0.717) is 28.3 Å². The second-order valence-corrected chi connectivity index (χ2v) is 8.09. The van der Waals surface area contributed by atoms with Crippen LogP contribution < -0.4 is 4.31 Å². The second kappa shape index (κ2) is 6.15. The lowest BCUT2D eigenvalue weighted by Gasteiger charge is -2.33. The lowest BCUT2D eigenvalue weighted by Crippen LogP contribution is -2.37. The summed E-state index contributed by atoms with van der Waals surface area (Å²) in [4.78, 5) is 0. The molecule has 2 aromatic rings. The van der Waals surface area contributed by atoms with Gasteiger partial charge in [0.05, 0.1) is 17.5 Å². The van der Waals surface area contributed by atoms with Crippen LogP contribution in [0, 0.1) is 6.92 Å². The number of aliphatic hydroxyl groups is 1. The monoisotopic (exact) mass is 351 g/mol. The molecular formula is C17H18ClNO3S. The highest BCUT2D eigenvalue weighted by atomic mass is 35.5. The molecule has 3 rings (SSSR count). The van der Waals surface area contributed by atoms with Crippen molar-refractivity contribution in [3.8, 4) is 0 Å². The lowest BCUT2D eigenvalue weighted by atomic mass is 9.99. The molecule has 122 valence electrons. The molecule has 0 radical (unpaired) electrons. The zero-order valence-electron chi connectivity index (χ0n) is 12.7. The van der Waals surface area contributed by atoms with Crippen LogP contribution in [0.25, 0.3) is 0 Å². The van der Waals surface area contributed by atoms with Gasteiger partial charge in [-0.15, -0.1) is 0 Å². The van der Waals surface area contributed by atoms with Crippen LogP contribution in [0.4, 0.5) is 5.69 Å². The van der Waals surface area contributed by atoms with Crippen LogP contribution in [0.3, 0.4) is 0 Å². The first-order valence-electron chi connectivity index (χ1n) is 7.41. The van der Waals surface area contributed by atoms with Gasteiger partial charge in [0.25, 0.3) is 0 Å². The first-order valence-corrected chi connectivity index (χ1v) is 9.39. The maximum Gasteiger partial charge on any atom is 0.239 e. The number of anilines is 1. The molecule has 1 aliphatic rings. The SMILES string of the molecule is Cc1ccc2c(c1)C(O)CCN2S(=O)(=O)Cc1ccccc1Cl. The normalized spacial score (nSPS) is 17.9. The summed E-state index contributed by atoms with van der Waals surface area (Å²) in [6, 6.07) is 12.4. The Hall–Kier alpha value is -1.56. The molecule has 0 saturated carbocycles. The van der Waals surface area contributed by atoms with Crippen LogP contribution in [0.1, 0.15) is 29.2 Å². The Kier molecular flexibility index (Phi) is 4.36. The summed E-state index contributed by atoms with van der Waals surface area (Å²) < 4.78 is 27.1. The van der Waals surface area contributed by atoms with Crippen molar-refractivity contribution in [2.75, 3.05) is 10.8 Å². The van der Waals surface area contributed by atoms with Gasteiger partial charge in [-0.3, -0.25) is 4.31 Å². The van der Waals surface area contributed by atoms with Crippen molar-refractivity contribution < 1.29 is 13.5 Å². The van der Waals surface area contributed by atoms with Gasteiger partial charge in [-0.2, -0.15) is 0 Å². The van der Waals surface area contributed by atoms with Crippen molar-refractivity contribution in [1.29, 1.82) is 0 Å². The van der Waals surface area contributed by atoms with Gasteiger partial charge < -0.3 is 5.11 Å². The number of fused-ring (bicyclic) bond motifs is 1. The van der Waals surface area contributed by atoms with E-state index in [-0.39, 0.29) is 12.3 Å². The highest BCUT2D eigenvalue weighted by molar-refractivity contribution is 7.92. The molecule has 1 N–H and O–H groups in total. The largest absolute Gasteiger partial charge is 0.388 e. The molecule has 0 aromatic heterocycles. The van der Waals surface area contributed by atoms with E-state index in [1.807, 2.05) is 19.1 Å². The average molecular weight is 352 g/mol. The van der Waals surface area contributed by atoms with E-state index in [1.165, 1.54) is 4.31 Å². The molecule has 0 aliphatic carbocycles. The summed E-state index contributed by atoms with van der Waals surface area (Å²) in [6.45, 7) is 2.19. The van der Waals surface area contributed by atoms with Gasteiger partial charge in [0.2, 0.25) is 10.0 Å². The van der Waals surface area contributed by atoms with Crippen LogP contribution in [0.2, 0.25) is 5.02 Å². The third-order valence-corrected chi connectivity index (χ3v) is 6.14. The minimum absolute atomic E-state index is 0.157. The predicted molar refractivity (Wildman–Crippen MR) is 92.2 cm³/mol. The number of hydrogen-bond acceptors (Lipinski definition) is 3. The minimum atomic E-state index is -3.57. The third-order valence-electron chi connectivity index (χ3n) is 4.05. The van der Waals surface area contributed by atoms with Crippen molar-refractivity contribution in [2.24, 2.45) is 0 Å². The molecule has 1 unspecified atom stereocenters. The Labute approximate surface area is 141 Å². The molecule has 0 amide bonds. The number of hydrogen-bond donors (Lipinski definition) is 1. The van der Waals surface area contributed by atoms with Gasteiger partial charge >= 0.3 is 0 Å². The zero-order valence-corrected chi connectivity index (χ0v) is 14.3. The molecule has 4 nitrogen and oxygen atoms in total. The molecular weight excluding hydrogens is 334 g/mol. The summed E-state index contributed by atoms with van der Waals surface area (Å²) in [5.41, 5.74) is 2.79. The van der Waals surface area contributed by atoms with Crippen LogP contribution in [-0.4, -0.2) is 20.1 Å². The summed E-state index contributed by atoms with van der Waals surface area (Å²) >= 11 is 6.09. The van der Waals surface area contributed by atoms with Crippen LogP contribution >= 0.6 is 11.6 Å². The fourth-order valence-electron chi connectivity index (χ4n) is 2.86. The molecule has 0 fully saturated rings. The second-order valence-electron chi connectivity index (χ2n) is 5.79. The van der Waals surface area contributed by atoms with E-state index in [2.05, 4.69) is 0 Å². The topological polar surface area (TPSA) is 57.6 Å². The first kappa shape index (κ1) is 16.3. The first-order chi connectivity index (χ1) is 10.9. The molecule has 2 aromatic carbocycles. The molecule has 1 heterocycles. The van der Waals surface area contributed by atoms with Crippen molar-refractivity contribution in [3.63, 3.8) is 0 Å². The molecule has 0 spiro atoms. The third kappa shape index (κ3) is 3.22. The number of aliphatic hydroxyl groups excluding tert-OH is 1. The van der Waals surface area contributed by atoms with Gasteiger partial charge in [0.1, 0.15) is 0 Å². The number of halogens is 1. The van der Waals surface area contributed by atoms with Crippen molar-refractivity contribution in [2.45, 2.75) is 25.2 Å².